The maximum atomic E-state index is 12.8. The molecule has 0 unspecified atom stereocenters. The number of rotatable bonds is 6. The standard InChI is InChI=1S/C26H22N4O2S/c31-24(17-29-22-13-7-8-14-23(22)33-18-25(29)32)27-15-20-16-30(21-11-5-2-6-12-21)28-26(20)19-9-3-1-4-10-19/h1-14,16H,15,17-18H2,(H,27,31). The monoisotopic (exact) mass is 454 g/mol. The molecule has 7 heteroatoms. The molecule has 1 aliphatic heterocycles. The molecule has 0 saturated carbocycles. The van der Waals surface area contributed by atoms with Gasteiger partial charge in [0.05, 0.1) is 22.8 Å². The van der Waals surface area contributed by atoms with Gasteiger partial charge in [-0.1, -0.05) is 60.7 Å². The van der Waals surface area contributed by atoms with Crippen molar-refractivity contribution in [3.8, 4) is 16.9 Å². The van der Waals surface area contributed by atoms with Gasteiger partial charge in [-0.05, 0) is 24.3 Å². The minimum atomic E-state index is -0.212. The van der Waals surface area contributed by atoms with E-state index in [1.807, 2.05) is 95.8 Å². The molecule has 0 atom stereocenters. The molecule has 0 radical (unpaired) electrons. The van der Waals surface area contributed by atoms with E-state index in [0.29, 0.717) is 12.3 Å². The third kappa shape index (κ3) is 4.54. The number of carbonyl (C=O) groups is 2. The lowest BCUT2D eigenvalue weighted by Crippen LogP contribution is -2.43. The lowest BCUT2D eigenvalue weighted by molar-refractivity contribution is -0.123. The van der Waals surface area contributed by atoms with Gasteiger partial charge in [-0.3, -0.25) is 9.59 Å². The summed E-state index contributed by atoms with van der Waals surface area (Å²) in [4.78, 5) is 27.9. The highest BCUT2D eigenvalue weighted by molar-refractivity contribution is 8.00. The van der Waals surface area contributed by atoms with Crippen LogP contribution in [0.5, 0.6) is 0 Å². The average Bonchev–Trinajstić information content (AvgIpc) is 3.30. The number of para-hydroxylation sites is 2. The Morgan fingerprint density at radius 1 is 0.939 bits per heavy atom. The van der Waals surface area contributed by atoms with E-state index in [0.717, 1.165) is 33.1 Å². The van der Waals surface area contributed by atoms with Gasteiger partial charge in [0.25, 0.3) is 0 Å². The highest BCUT2D eigenvalue weighted by Crippen LogP contribution is 2.34. The van der Waals surface area contributed by atoms with Crippen molar-refractivity contribution in [1.82, 2.24) is 15.1 Å². The number of aromatic nitrogens is 2. The summed E-state index contributed by atoms with van der Waals surface area (Å²) >= 11 is 1.50. The van der Waals surface area contributed by atoms with Crippen LogP contribution in [0.4, 0.5) is 5.69 Å². The molecule has 164 valence electrons. The van der Waals surface area contributed by atoms with E-state index in [4.69, 9.17) is 5.10 Å². The molecule has 0 bridgehead atoms. The molecule has 1 N–H and O–H groups in total. The average molecular weight is 455 g/mol. The van der Waals surface area contributed by atoms with Gasteiger partial charge in [-0.25, -0.2) is 4.68 Å². The third-order valence-corrected chi connectivity index (χ3v) is 6.49. The molecule has 0 aliphatic carbocycles. The van der Waals surface area contributed by atoms with E-state index in [1.54, 1.807) is 4.90 Å². The first-order chi connectivity index (χ1) is 16.2. The fraction of sp³-hybridized carbons (Fsp3) is 0.115. The molecule has 2 amide bonds. The predicted molar refractivity (Wildman–Crippen MR) is 130 cm³/mol. The van der Waals surface area contributed by atoms with Crippen LogP contribution in [0.25, 0.3) is 16.9 Å². The van der Waals surface area contributed by atoms with Crippen molar-refractivity contribution in [3.63, 3.8) is 0 Å². The Hall–Kier alpha value is -3.84. The number of anilines is 1. The number of carbonyl (C=O) groups excluding carboxylic acids is 2. The number of hydrogen-bond acceptors (Lipinski definition) is 4. The first-order valence-corrected chi connectivity index (χ1v) is 11.7. The Morgan fingerprint density at radius 3 is 2.42 bits per heavy atom. The molecule has 2 heterocycles. The molecule has 0 fully saturated rings. The second-order valence-electron chi connectivity index (χ2n) is 7.66. The highest BCUT2D eigenvalue weighted by atomic mass is 32.2. The Kier molecular flexibility index (Phi) is 5.95. The zero-order valence-corrected chi connectivity index (χ0v) is 18.7. The Morgan fingerprint density at radius 2 is 1.64 bits per heavy atom. The van der Waals surface area contributed by atoms with Gasteiger partial charge in [-0.2, -0.15) is 5.10 Å². The summed E-state index contributed by atoms with van der Waals surface area (Å²) in [5.74, 6) is 0.0685. The molecule has 4 aromatic rings. The van der Waals surface area contributed by atoms with Gasteiger partial charge in [0.1, 0.15) is 6.54 Å². The minimum Gasteiger partial charge on any atom is -0.350 e. The van der Waals surface area contributed by atoms with Gasteiger partial charge in [0.2, 0.25) is 11.8 Å². The molecule has 1 aliphatic rings. The molecule has 0 spiro atoms. The van der Waals surface area contributed by atoms with E-state index in [2.05, 4.69) is 5.32 Å². The van der Waals surface area contributed by atoms with Crippen LogP contribution in [0, 0.1) is 0 Å². The smallest absolute Gasteiger partial charge is 0.240 e. The molecular weight excluding hydrogens is 432 g/mol. The van der Waals surface area contributed by atoms with Crippen molar-refractivity contribution in [2.75, 3.05) is 17.2 Å². The maximum Gasteiger partial charge on any atom is 0.240 e. The SMILES string of the molecule is O=C(CN1C(=O)CSc2ccccc21)NCc1cn(-c2ccccc2)nc1-c1ccccc1. The normalized spacial score (nSPS) is 13.0. The Labute approximate surface area is 196 Å². The van der Waals surface area contributed by atoms with Gasteiger partial charge in [-0.15, -0.1) is 11.8 Å². The fourth-order valence-electron chi connectivity index (χ4n) is 3.81. The fourth-order valence-corrected chi connectivity index (χ4v) is 4.75. The van der Waals surface area contributed by atoms with Crippen LogP contribution in [0.15, 0.2) is 96.0 Å². The summed E-state index contributed by atoms with van der Waals surface area (Å²) in [6, 6.07) is 27.5. The summed E-state index contributed by atoms with van der Waals surface area (Å²) < 4.78 is 1.82. The number of hydrogen-bond donors (Lipinski definition) is 1. The van der Waals surface area contributed by atoms with Crippen LogP contribution in [-0.2, 0) is 16.1 Å². The lowest BCUT2D eigenvalue weighted by Gasteiger charge is -2.28. The zero-order chi connectivity index (χ0) is 22.6. The summed E-state index contributed by atoms with van der Waals surface area (Å²) in [6.45, 7) is 0.304. The van der Waals surface area contributed by atoms with Crippen LogP contribution >= 0.6 is 11.8 Å². The summed E-state index contributed by atoms with van der Waals surface area (Å²) in [7, 11) is 0. The van der Waals surface area contributed by atoms with E-state index in [1.165, 1.54) is 11.8 Å². The van der Waals surface area contributed by atoms with E-state index in [-0.39, 0.29) is 18.4 Å². The van der Waals surface area contributed by atoms with E-state index >= 15 is 0 Å². The number of nitrogens with zero attached hydrogens (tertiary/aromatic N) is 3. The van der Waals surface area contributed by atoms with Crippen molar-refractivity contribution >= 4 is 29.3 Å². The van der Waals surface area contributed by atoms with Crippen LogP contribution in [0.2, 0.25) is 0 Å². The second kappa shape index (κ2) is 9.34. The summed E-state index contributed by atoms with van der Waals surface area (Å²) in [5, 5.41) is 7.76. The van der Waals surface area contributed by atoms with Crippen molar-refractivity contribution in [2.24, 2.45) is 0 Å². The molecule has 3 aromatic carbocycles. The molecule has 1 aromatic heterocycles. The topological polar surface area (TPSA) is 67.2 Å². The zero-order valence-electron chi connectivity index (χ0n) is 17.8. The number of nitrogens with one attached hydrogen (secondary N) is 1. The maximum absolute atomic E-state index is 12.8. The first kappa shape index (κ1) is 21.0. The number of benzene rings is 3. The van der Waals surface area contributed by atoms with Gasteiger partial charge < -0.3 is 10.2 Å². The second-order valence-corrected chi connectivity index (χ2v) is 8.68. The number of thioether (sulfide) groups is 1. The first-order valence-electron chi connectivity index (χ1n) is 10.7. The Bertz CT molecular complexity index is 1290. The van der Waals surface area contributed by atoms with Crippen LogP contribution in [0.3, 0.4) is 0 Å². The van der Waals surface area contributed by atoms with E-state index in [9.17, 15) is 9.59 Å². The van der Waals surface area contributed by atoms with Crippen molar-refractivity contribution in [2.45, 2.75) is 11.4 Å². The summed E-state index contributed by atoms with van der Waals surface area (Å²) in [6.07, 6.45) is 1.94. The lowest BCUT2D eigenvalue weighted by atomic mass is 10.1. The van der Waals surface area contributed by atoms with E-state index < -0.39 is 0 Å². The predicted octanol–water partition coefficient (Wildman–Crippen LogP) is 4.29. The third-order valence-electron chi connectivity index (χ3n) is 5.44. The van der Waals surface area contributed by atoms with Gasteiger partial charge in [0, 0.05) is 28.8 Å². The number of fused-ring (bicyclic) bond motifs is 1. The van der Waals surface area contributed by atoms with Crippen molar-refractivity contribution in [1.29, 1.82) is 0 Å². The molecule has 5 rings (SSSR count). The van der Waals surface area contributed by atoms with Crippen LogP contribution in [-0.4, -0.2) is 33.9 Å². The summed E-state index contributed by atoms with van der Waals surface area (Å²) in [5.41, 5.74) is 4.43. The van der Waals surface area contributed by atoms with Crippen LogP contribution < -0.4 is 10.2 Å². The van der Waals surface area contributed by atoms with Gasteiger partial charge >= 0.3 is 0 Å². The van der Waals surface area contributed by atoms with Gasteiger partial charge in [0.15, 0.2) is 0 Å². The highest BCUT2D eigenvalue weighted by Gasteiger charge is 2.26. The quantitative estimate of drug-likeness (QED) is 0.472. The Balaban J connectivity index is 1.36. The van der Waals surface area contributed by atoms with Crippen LogP contribution in [0.1, 0.15) is 5.56 Å². The molecule has 6 nitrogen and oxygen atoms in total. The van der Waals surface area contributed by atoms with Crippen molar-refractivity contribution < 1.29 is 9.59 Å². The molecule has 33 heavy (non-hydrogen) atoms. The molecular formula is C26H22N4O2S. The number of amides is 2. The minimum absolute atomic E-state index is 0.0100. The largest absolute Gasteiger partial charge is 0.350 e. The van der Waals surface area contributed by atoms with Crippen molar-refractivity contribution in [3.05, 3.63) is 96.7 Å². The molecule has 0 saturated heterocycles.